The number of nitrogens with one attached hydrogen (secondary N) is 1. The van der Waals surface area contributed by atoms with Gasteiger partial charge >= 0.3 is 0 Å². The van der Waals surface area contributed by atoms with Crippen molar-refractivity contribution in [1.29, 1.82) is 0 Å². The molecule has 1 unspecified atom stereocenters. The summed E-state index contributed by atoms with van der Waals surface area (Å²) < 4.78 is 17.2. The highest BCUT2D eigenvalue weighted by Crippen LogP contribution is 2.28. The van der Waals surface area contributed by atoms with Crippen LogP contribution in [0.3, 0.4) is 0 Å². The van der Waals surface area contributed by atoms with Crippen molar-refractivity contribution in [3.63, 3.8) is 0 Å². The third-order valence-electron chi connectivity index (χ3n) is 3.54. The summed E-state index contributed by atoms with van der Waals surface area (Å²) >= 11 is 6.79. The van der Waals surface area contributed by atoms with Crippen LogP contribution in [0.1, 0.15) is 29.9 Å². The van der Waals surface area contributed by atoms with Crippen LogP contribution in [0.4, 0.5) is 4.39 Å². The van der Waals surface area contributed by atoms with Gasteiger partial charge in [-0.3, -0.25) is 4.68 Å². The lowest BCUT2D eigenvalue weighted by atomic mass is 10.0. The lowest BCUT2D eigenvalue weighted by molar-refractivity contribution is 0.535. The molecule has 0 fully saturated rings. The summed E-state index contributed by atoms with van der Waals surface area (Å²) in [6, 6.07) is 5.28. The molecule has 1 heterocycles. The predicted molar refractivity (Wildman–Crippen MR) is 89.9 cm³/mol. The molecule has 0 saturated carbocycles. The van der Waals surface area contributed by atoms with Crippen molar-refractivity contribution in [3.8, 4) is 0 Å². The first-order chi connectivity index (χ1) is 9.97. The number of nitrogens with zero attached hydrogens (tertiary/aromatic N) is 2. The highest BCUT2D eigenvalue weighted by molar-refractivity contribution is 9.10. The molecule has 0 saturated heterocycles. The normalized spacial score (nSPS) is 12.7. The quantitative estimate of drug-likeness (QED) is 0.780. The summed E-state index contributed by atoms with van der Waals surface area (Å²) in [5.74, 6) is -0.244. The summed E-state index contributed by atoms with van der Waals surface area (Å²) in [6.07, 6.45) is 0.743. The Morgan fingerprint density at radius 1 is 1.38 bits per heavy atom. The van der Waals surface area contributed by atoms with Crippen LogP contribution in [0.25, 0.3) is 0 Å². The van der Waals surface area contributed by atoms with Crippen LogP contribution >= 0.6 is 31.9 Å². The lowest BCUT2D eigenvalue weighted by Crippen LogP contribution is -2.21. The second-order valence-corrected chi connectivity index (χ2v) is 6.53. The number of rotatable bonds is 5. The maximum absolute atomic E-state index is 13.7. The monoisotopic (exact) mass is 417 g/mol. The third-order valence-corrected chi connectivity index (χ3v) is 5.22. The lowest BCUT2D eigenvalue weighted by Gasteiger charge is -2.18. The van der Waals surface area contributed by atoms with E-state index in [1.54, 1.807) is 12.1 Å². The molecule has 2 aromatic rings. The van der Waals surface area contributed by atoms with E-state index in [1.807, 2.05) is 24.7 Å². The molecule has 0 aliphatic carbocycles. The van der Waals surface area contributed by atoms with E-state index >= 15 is 0 Å². The Balaban J connectivity index is 2.33. The topological polar surface area (TPSA) is 29.9 Å². The molecule has 0 aliphatic heterocycles. The summed E-state index contributed by atoms with van der Waals surface area (Å²) in [6.45, 7) is 4.86. The van der Waals surface area contributed by atoms with Gasteiger partial charge in [0.1, 0.15) is 5.82 Å². The molecule has 0 radical (unpaired) electrons. The van der Waals surface area contributed by atoms with Gasteiger partial charge in [0.05, 0.1) is 20.3 Å². The molecule has 0 bridgehead atoms. The number of halogens is 3. The molecule has 21 heavy (non-hydrogen) atoms. The Hall–Kier alpha value is -0.720. The fourth-order valence-electron chi connectivity index (χ4n) is 2.37. The van der Waals surface area contributed by atoms with Crippen molar-refractivity contribution in [2.24, 2.45) is 0 Å². The zero-order valence-electron chi connectivity index (χ0n) is 12.3. The summed E-state index contributed by atoms with van der Waals surface area (Å²) in [7, 11) is 1.89. The van der Waals surface area contributed by atoms with E-state index in [-0.39, 0.29) is 11.9 Å². The smallest absolute Gasteiger partial charge is 0.137 e. The maximum Gasteiger partial charge on any atom is 0.137 e. The maximum atomic E-state index is 13.7. The second-order valence-electron chi connectivity index (χ2n) is 4.88. The van der Waals surface area contributed by atoms with Crippen LogP contribution < -0.4 is 5.32 Å². The number of hydrogen-bond acceptors (Lipinski definition) is 2. The third kappa shape index (κ3) is 3.55. The van der Waals surface area contributed by atoms with Crippen LogP contribution in [0.2, 0.25) is 0 Å². The fraction of sp³-hybridized carbons (Fsp3) is 0.400. The number of benzene rings is 1. The van der Waals surface area contributed by atoms with E-state index < -0.39 is 0 Å². The molecule has 2 rings (SSSR count). The van der Waals surface area contributed by atoms with Gasteiger partial charge in [0, 0.05) is 19.0 Å². The number of aromatic nitrogens is 2. The summed E-state index contributed by atoms with van der Waals surface area (Å²) in [5, 5.41) is 7.76. The average molecular weight is 419 g/mol. The molecule has 3 nitrogen and oxygen atoms in total. The van der Waals surface area contributed by atoms with E-state index in [0.29, 0.717) is 4.47 Å². The minimum absolute atomic E-state index is 0.0327. The molecule has 1 aromatic heterocycles. The molecule has 6 heteroatoms. The van der Waals surface area contributed by atoms with Crippen molar-refractivity contribution in [3.05, 3.63) is 49.9 Å². The standard InChI is InChI=1S/C15H18Br2FN3/c1-4-21-14(15(17)9(2)20-21)8-13(19-3)10-5-6-11(16)12(18)7-10/h5-7,13,19H,4,8H2,1-3H3. The van der Waals surface area contributed by atoms with Gasteiger partial charge in [0.15, 0.2) is 0 Å². The zero-order valence-corrected chi connectivity index (χ0v) is 15.4. The molecule has 1 aromatic carbocycles. The number of likely N-dealkylation sites (N-methyl/N-ethyl adjacent to an activating group) is 1. The van der Waals surface area contributed by atoms with Gasteiger partial charge < -0.3 is 5.32 Å². The molecule has 1 N–H and O–H groups in total. The van der Waals surface area contributed by atoms with E-state index in [2.05, 4.69) is 49.2 Å². The fourth-order valence-corrected chi connectivity index (χ4v) is 3.07. The van der Waals surface area contributed by atoms with Gasteiger partial charge in [-0.15, -0.1) is 0 Å². The zero-order chi connectivity index (χ0) is 15.6. The molecule has 0 spiro atoms. The molecular weight excluding hydrogens is 401 g/mol. The Bertz CT molecular complexity index is 640. The number of hydrogen-bond donors (Lipinski definition) is 1. The summed E-state index contributed by atoms with van der Waals surface area (Å²) in [5.41, 5.74) is 3.02. The first-order valence-electron chi connectivity index (χ1n) is 6.81. The van der Waals surface area contributed by atoms with E-state index in [4.69, 9.17) is 0 Å². The average Bonchev–Trinajstić information content (AvgIpc) is 2.75. The SMILES string of the molecule is CCn1nc(C)c(Br)c1CC(NC)c1ccc(Br)c(F)c1. The van der Waals surface area contributed by atoms with E-state index in [0.717, 1.165) is 34.4 Å². The molecule has 0 aliphatic rings. The van der Waals surface area contributed by atoms with Gasteiger partial charge in [-0.2, -0.15) is 5.10 Å². The van der Waals surface area contributed by atoms with Crippen molar-refractivity contribution >= 4 is 31.9 Å². The minimum Gasteiger partial charge on any atom is -0.313 e. The minimum atomic E-state index is -0.244. The number of aryl methyl sites for hydroxylation is 2. The van der Waals surface area contributed by atoms with Crippen molar-refractivity contribution in [2.75, 3.05) is 7.05 Å². The van der Waals surface area contributed by atoms with Crippen LogP contribution in [-0.2, 0) is 13.0 Å². The van der Waals surface area contributed by atoms with E-state index in [1.165, 1.54) is 0 Å². The van der Waals surface area contributed by atoms with Crippen LogP contribution in [0.5, 0.6) is 0 Å². The van der Waals surface area contributed by atoms with Crippen LogP contribution in [0.15, 0.2) is 27.1 Å². The van der Waals surface area contributed by atoms with Gasteiger partial charge in [0.25, 0.3) is 0 Å². The van der Waals surface area contributed by atoms with Gasteiger partial charge in [0.2, 0.25) is 0 Å². The van der Waals surface area contributed by atoms with Gasteiger partial charge in [-0.1, -0.05) is 6.07 Å². The van der Waals surface area contributed by atoms with E-state index in [9.17, 15) is 4.39 Å². The predicted octanol–water partition coefficient (Wildman–Crippen LogP) is 4.38. The Morgan fingerprint density at radius 3 is 2.67 bits per heavy atom. The first-order valence-corrected chi connectivity index (χ1v) is 8.40. The van der Waals surface area contributed by atoms with Crippen LogP contribution in [0, 0.1) is 12.7 Å². The highest BCUT2D eigenvalue weighted by Gasteiger charge is 2.18. The Morgan fingerprint density at radius 2 is 2.10 bits per heavy atom. The first kappa shape index (κ1) is 16.6. The molecular formula is C15H18Br2FN3. The highest BCUT2D eigenvalue weighted by atomic mass is 79.9. The van der Waals surface area contributed by atoms with Gasteiger partial charge in [-0.05, 0) is 70.5 Å². The van der Waals surface area contributed by atoms with Gasteiger partial charge in [-0.25, -0.2) is 4.39 Å². The molecule has 0 amide bonds. The van der Waals surface area contributed by atoms with Crippen molar-refractivity contribution < 1.29 is 4.39 Å². The Kier molecular flexibility index (Phi) is 5.57. The largest absolute Gasteiger partial charge is 0.313 e. The second kappa shape index (κ2) is 7.03. The molecule has 114 valence electrons. The summed E-state index contributed by atoms with van der Waals surface area (Å²) in [4.78, 5) is 0. The molecule has 1 atom stereocenters. The van der Waals surface area contributed by atoms with Crippen molar-refractivity contribution in [2.45, 2.75) is 32.9 Å². The Labute approximate surface area is 141 Å². The van der Waals surface area contributed by atoms with Crippen molar-refractivity contribution in [1.82, 2.24) is 15.1 Å². The van der Waals surface area contributed by atoms with Crippen LogP contribution in [-0.4, -0.2) is 16.8 Å².